The molecule has 0 aromatic heterocycles. The number of carboxylic acid groups (broad SMARTS) is 1. The molecule has 0 heterocycles. The van der Waals surface area contributed by atoms with Gasteiger partial charge in [-0.15, -0.1) is 0 Å². The van der Waals surface area contributed by atoms with Crippen LogP contribution in [0.5, 0.6) is 0 Å². The standard InChI is InChI=1S/C47H72N2O5/c1-30(2)39-34(50)27-47(25-26-48-33(29-49(10)11)31-15-13-12-14-16-31)24-23-45(8)32(40(39)47)17-18-36-44(7)21-20-37(54-38(51)28-42(3,4)41(52)53)43(5,6)35(44)19-22-46(36,45)9/h12-16,30,32-33,35-37,48H,17-29H2,1-11H3,(H,52,53)/t32-,33+,35+,36?,37+,44+,45-,46-,47-/m1/s1. The van der Waals surface area contributed by atoms with Crippen molar-refractivity contribution >= 4 is 17.7 Å². The van der Waals surface area contributed by atoms with E-state index >= 15 is 0 Å². The fourth-order valence-corrected chi connectivity index (χ4v) is 13.7. The number of aliphatic carboxylic acids is 1. The van der Waals surface area contributed by atoms with E-state index in [1.54, 1.807) is 19.4 Å². The van der Waals surface area contributed by atoms with Crippen LogP contribution in [0.1, 0.15) is 145 Å². The summed E-state index contributed by atoms with van der Waals surface area (Å²) >= 11 is 0. The van der Waals surface area contributed by atoms with Gasteiger partial charge in [-0.05, 0) is 143 Å². The molecule has 0 spiro atoms. The largest absolute Gasteiger partial charge is 0.481 e. The molecule has 0 radical (unpaired) electrons. The van der Waals surface area contributed by atoms with Gasteiger partial charge in [0.2, 0.25) is 0 Å². The number of ketones is 1. The molecular weight excluding hydrogens is 673 g/mol. The number of nitrogens with zero attached hydrogens (tertiary/aromatic N) is 1. The van der Waals surface area contributed by atoms with Crippen LogP contribution in [0.2, 0.25) is 0 Å². The summed E-state index contributed by atoms with van der Waals surface area (Å²) in [4.78, 5) is 41.3. The van der Waals surface area contributed by atoms with Crippen LogP contribution >= 0.6 is 0 Å². The van der Waals surface area contributed by atoms with E-state index in [4.69, 9.17) is 4.74 Å². The van der Waals surface area contributed by atoms with E-state index in [1.165, 1.54) is 12.0 Å². The van der Waals surface area contributed by atoms with Crippen molar-refractivity contribution in [3.8, 4) is 0 Å². The van der Waals surface area contributed by atoms with Crippen molar-refractivity contribution in [1.82, 2.24) is 10.2 Å². The molecule has 1 aromatic carbocycles. The number of hydrogen-bond donors (Lipinski definition) is 2. The zero-order chi connectivity index (χ0) is 39.6. The number of likely N-dealkylation sites (N-methyl/N-ethyl adjacent to an activating group) is 1. The number of Topliss-reactive ketones (excluding diaryl/α,β-unsaturated/α-hetero) is 1. The van der Waals surface area contributed by atoms with Crippen molar-refractivity contribution in [3.05, 3.63) is 47.0 Å². The highest BCUT2D eigenvalue weighted by Gasteiger charge is 2.70. The second-order valence-electron chi connectivity index (χ2n) is 21.1. The van der Waals surface area contributed by atoms with Gasteiger partial charge in [-0.2, -0.15) is 0 Å². The van der Waals surface area contributed by atoms with Gasteiger partial charge in [0.1, 0.15) is 6.10 Å². The lowest BCUT2D eigenvalue weighted by Crippen LogP contribution is -2.65. The van der Waals surface area contributed by atoms with Crippen LogP contribution in [0.15, 0.2) is 41.5 Å². The molecule has 54 heavy (non-hydrogen) atoms. The molecule has 4 saturated carbocycles. The predicted molar refractivity (Wildman–Crippen MR) is 216 cm³/mol. The summed E-state index contributed by atoms with van der Waals surface area (Å²) < 4.78 is 6.20. The first kappa shape index (κ1) is 41.1. The molecule has 0 aliphatic heterocycles. The quantitative estimate of drug-likeness (QED) is 0.206. The highest BCUT2D eigenvalue weighted by molar-refractivity contribution is 6.00. The zero-order valence-corrected chi connectivity index (χ0v) is 35.6. The highest BCUT2D eigenvalue weighted by atomic mass is 16.5. The van der Waals surface area contributed by atoms with Crippen LogP contribution < -0.4 is 5.32 Å². The van der Waals surface area contributed by atoms with Gasteiger partial charge in [0.05, 0.1) is 11.8 Å². The number of rotatable bonds is 12. The van der Waals surface area contributed by atoms with E-state index in [-0.39, 0.29) is 51.6 Å². The lowest BCUT2D eigenvalue weighted by molar-refractivity contribution is -0.233. The zero-order valence-electron chi connectivity index (χ0n) is 35.6. The Morgan fingerprint density at radius 3 is 2.24 bits per heavy atom. The molecule has 1 unspecified atom stereocenters. The van der Waals surface area contributed by atoms with Crippen LogP contribution in [0.3, 0.4) is 0 Å². The smallest absolute Gasteiger partial charge is 0.309 e. The van der Waals surface area contributed by atoms with Crippen molar-refractivity contribution in [2.45, 2.75) is 145 Å². The second kappa shape index (κ2) is 14.5. The molecule has 4 fully saturated rings. The molecule has 300 valence electrons. The van der Waals surface area contributed by atoms with Crippen LogP contribution in [0.4, 0.5) is 0 Å². The summed E-state index contributed by atoms with van der Waals surface area (Å²) in [5.74, 6) is 0.652. The molecule has 5 aliphatic carbocycles. The highest BCUT2D eigenvalue weighted by Crippen LogP contribution is 2.77. The average molecular weight is 745 g/mol. The van der Waals surface area contributed by atoms with E-state index in [0.29, 0.717) is 30.0 Å². The van der Waals surface area contributed by atoms with Crippen molar-refractivity contribution in [2.24, 2.45) is 56.2 Å². The Kier molecular flexibility index (Phi) is 11.0. The van der Waals surface area contributed by atoms with E-state index in [1.807, 2.05) is 0 Å². The van der Waals surface area contributed by atoms with E-state index in [2.05, 4.69) is 103 Å². The second-order valence-corrected chi connectivity index (χ2v) is 21.1. The van der Waals surface area contributed by atoms with E-state index < -0.39 is 17.4 Å². The first-order chi connectivity index (χ1) is 25.1. The number of esters is 1. The summed E-state index contributed by atoms with van der Waals surface area (Å²) in [5.41, 5.74) is 2.97. The summed E-state index contributed by atoms with van der Waals surface area (Å²) in [5, 5.41) is 13.6. The number of nitrogens with one attached hydrogen (secondary N) is 1. The van der Waals surface area contributed by atoms with Gasteiger partial charge in [-0.3, -0.25) is 14.4 Å². The average Bonchev–Trinajstić information content (AvgIpc) is 3.38. The number of hydrogen-bond acceptors (Lipinski definition) is 6. The Labute approximate surface area is 326 Å². The van der Waals surface area contributed by atoms with Gasteiger partial charge in [-0.25, -0.2) is 0 Å². The Balaban J connectivity index is 1.25. The SMILES string of the molecule is CC(C)C1=C2[C@H]3CCC4[C@@]5(C)CC[C@H](OC(=O)CC(C)(C)C(=O)O)C(C)(C)[C@@H]5CC[C@@]4(C)[C@]3(C)CC[C@@]2(CCN[C@@H](CN(C)C)c2ccccc2)CC1=O. The molecule has 1 aromatic rings. The van der Waals surface area contributed by atoms with Crippen LogP contribution in [-0.2, 0) is 19.1 Å². The number of carboxylic acids is 1. The Morgan fingerprint density at radius 2 is 1.61 bits per heavy atom. The molecule has 2 N–H and O–H groups in total. The lowest BCUT2D eigenvalue weighted by Gasteiger charge is -2.72. The predicted octanol–water partition coefficient (Wildman–Crippen LogP) is 9.66. The van der Waals surface area contributed by atoms with Crippen molar-refractivity contribution in [2.75, 3.05) is 27.2 Å². The Morgan fingerprint density at radius 1 is 0.926 bits per heavy atom. The summed E-state index contributed by atoms with van der Waals surface area (Å²) in [6, 6.07) is 11.0. The normalized spacial score (nSPS) is 36.6. The lowest BCUT2D eigenvalue weighted by atomic mass is 9.33. The van der Waals surface area contributed by atoms with Gasteiger partial charge in [0, 0.05) is 29.8 Å². The molecule has 0 saturated heterocycles. The maximum absolute atomic E-state index is 14.2. The topological polar surface area (TPSA) is 95.9 Å². The number of ether oxygens (including phenoxy) is 1. The van der Waals surface area contributed by atoms with Gasteiger partial charge in [0.25, 0.3) is 0 Å². The minimum absolute atomic E-state index is 0.0589. The molecular formula is C47H72N2O5. The Hall–Kier alpha value is -2.51. The molecule has 0 amide bonds. The van der Waals surface area contributed by atoms with Crippen LogP contribution in [0.25, 0.3) is 0 Å². The van der Waals surface area contributed by atoms with E-state index in [0.717, 1.165) is 70.0 Å². The number of carbonyl (C=O) groups excluding carboxylic acids is 2. The first-order valence-corrected chi connectivity index (χ1v) is 21.3. The maximum atomic E-state index is 14.2. The summed E-state index contributed by atoms with van der Waals surface area (Å²) in [7, 11) is 4.28. The van der Waals surface area contributed by atoms with Gasteiger partial charge >= 0.3 is 11.9 Å². The molecule has 7 heteroatoms. The molecule has 5 aliphatic rings. The third kappa shape index (κ3) is 6.73. The van der Waals surface area contributed by atoms with Crippen LogP contribution in [0, 0.1) is 56.2 Å². The van der Waals surface area contributed by atoms with E-state index in [9.17, 15) is 19.5 Å². The number of benzene rings is 1. The molecule has 9 atom stereocenters. The monoisotopic (exact) mass is 745 g/mol. The fraction of sp³-hybridized carbons (Fsp3) is 0.766. The molecule has 6 rings (SSSR count). The number of allylic oxidation sites excluding steroid dienone is 2. The molecule has 0 bridgehead atoms. The van der Waals surface area contributed by atoms with Gasteiger partial charge < -0.3 is 20.1 Å². The summed E-state index contributed by atoms with van der Waals surface area (Å²) in [6.07, 6.45) is 10.0. The third-order valence-corrected chi connectivity index (χ3v) is 16.7. The van der Waals surface area contributed by atoms with Crippen molar-refractivity contribution in [1.29, 1.82) is 0 Å². The van der Waals surface area contributed by atoms with Crippen LogP contribution in [-0.4, -0.2) is 61.0 Å². The number of fused-ring (bicyclic) bond motifs is 7. The summed E-state index contributed by atoms with van der Waals surface area (Å²) in [6.45, 7) is 21.9. The number of carbonyl (C=O) groups is 3. The fourth-order valence-electron chi connectivity index (χ4n) is 13.7. The van der Waals surface area contributed by atoms with Gasteiger partial charge in [-0.1, -0.05) is 84.4 Å². The van der Waals surface area contributed by atoms with Gasteiger partial charge in [0.15, 0.2) is 5.78 Å². The van der Waals surface area contributed by atoms with Crippen molar-refractivity contribution < 1.29 is 24.2 Å². The Bertz CT molecular complexity index is 1630. The minimum Gasteiger partial charge on any atom is -0.481 e. The maximum Gasteiger partial charge on any atom is 0.309 e. The first-order valence-electron chi connectivity index (χ1n) is 21.3. The minimum atomic E-state index is -1.15. The molecule has 7 nitrogen and oxygen atoms in total. The van der Waals surface area contributed by atoms with Crippen molar-refractivity contribution in [3.63, 3.8) is 0 Å². The third-order valence-electron chi connectivity index (χ3n) is 16.7.